The van der Waals surface area contributed by atoms with Gasteiger partial charge >= 0.3 is 5.97 Å². The summed E-state index contributed by atoms with van der Waals surface area (Å²) in [5, 5.41) is 14.2. The molecule has 1 aromatic rings. The number of carbonyl (C=O) groups excluding carboxylic acids is 2. The second-order valence-electron chi connectivity index (χ2n) is 5.30. The summed E-state index contributed by atoms with van der Waals surface area (Å²) in [6, 6.07) is 4.33. The SMILES string of the molecule is O=C(CNC(=O)c1cccc(C(=O)O)n1)NC1CCCCC1. The fourth-order valence-electron chi connectivity index (χ4n) is 2.46. The van der Waals surface area contributed by atoms with Crippen molar-refractivity contribution in [3.8, 4) is 0 Å². The lowest BCUT2D eigenvalue weighted by molar-refractivity contribution is -0.121. The highest BCUT2D eigenvalue weighted by atomic mass is 16.4. The molecule has 0 radical (unpaired) electrons. The summed E-state index contributed by atoms with van der Waals surface area (Å²) in [5.74, 6) is -2.01. The van der Waals surface area contributed by atoms with Crippen LogP contribution in [-0.4, -0.2) is 40.5 Å². The molecule has 0 bridgehead atoms. The van der Waals surface area contributed by atoms with Gasteiger partial charge in [0.15, 0.2) is 0 Å². The van der Waals surface area contributed by atoms with Crippen molar-refractivity contribution in [2.45, 2.75) is 38.1 Å². The molecule has 0 saturated heterocycles. The molecule has 1 saturated carbocycles. The number of carboxylic acids is 1. The van der Waals surface area contributed by atoms with Gasteiger partial charge in [0.05, 0.1) is 6.54 Å². The van der Waals surface area contributed by atoms with Gasteiger partial charge in [-0.1, -0.05) is 25.3 Å². The fraction of sp³-hybridized carbons (Fsp3) is 0.467. The van der Waals surface area contributed by atoms with Crippen LogP contribution in [0.3, 0.4) is 0 Å². The second-order valence-corrected chi connectivity index (χ2v) is 5.30. The third kappa shape index (κ3) is 4.54. The van der Waals surface area contributed by atoms with Crippen LogP contribution in [-0.2, 0) is 4.79 Å². The van der Waals surface area contributed by atoms with Crippen LogP contribution in [0.5, 0.6) is 0 Å². The summed E-state index contributed by atoms with van der Waals surface area (Å²) in [5.41, 5.74) is -0.232. The summed E-state index contributed by atoms with van der Waals surface area (Å²) in [7, 11) is 0. The van der Waals surface area contributed by atoms with E-state index in [-0.39, 0.29) is 29.9 Å². The zero-order valence-electron chi connectivity index (χ0n) is 12.2. The van der Waals surface area contributed by atoms with Crippen molar-refractivity contribution in [2.75, 3.05) is 6.54 Å². The van der Waals surface area contributed by atoms with E-state index in [9.17, 15) is 14.4 Å². The molecule has 1 aromatic heterocycles. The Bertz CT molecular complexity index is 568. The molecule has 22 heavy (non-hydrogen) atoms. The average Bonchev–Trinajstić information content (AvgIpc) is 2.53. The van der Waals surface area contributed by atoms with E-state index in [2.05, 4.69) is 15.6 Å². The van der Waals surface area contributed by atoms with Gasteiger partial charge in [-0.15, -0.1) is 0 Å². The summed E-state index contributed by atoms with van der Waals surface area (Å²) < 4.78 is 0. The van der Waals surface area contributed by atoms with Crippen LogP contribution < -0.4 is 10.6 Å². The highest BCUT2D eigenvalue weighted by molar-refractivity contribution is 5.96. The maximum Gasteiger partial charge on any atom is 0.354 e. The summed E-state index contributed by atoms with van der Waals surface area (Å²) in [6.07, 6.45) is 5.38. The summed E-state index contributed by atoms with van der Waals surface area (Å²) >= 11 is 0. The van der Waals surface area contributed by atoms with Gasteiger partial charge < -0.3 is 15.7 Å². The van der Waals surface area contributed by atoms with Gasteiger partial charge in [-0.25, -0.2) is 9.78 Å². The van der Waals surface area contributed by atoms with E-state index >= 15 is 0 Å². The first kappa shape index (κ1) is 15.9. The molecule has 0 atom stereocenters. The van der Waals surface area contributed by atoms with Crippen molar-refractivity contribution in [1.29, 1.82) is 0 Å². The molecule has 7 heteroatoms. The maximum absolute atomic E-state index is 11.9. The minimum absolute atomic E-state index is 0.0228. The Labute approximate surface area is 128 Å². The molecule has 1 heterocycles. The second kappa shape index (κ2) is 7.53. The molecule has 2 rings (SSSR count). The van der Waals surface area contributed by atoms with Crippen LogP contribution >= 0.6 is 0 Å². The average molecular weight is 305 g/mol. The molecule has 0 aromatic carbocycles. The Morgan fingerprint density at radius 2 is 1.82 bits per heavy atom. The summed E-state index contributed by atoms with van der Waals surface area (Å²) in [4.78, 5) is 38.2. The van der Waals surface area contributed by atoms with E-state index in [0.29, 0.717) is 0 Å². The van der Waals surface area contributed by atoms with Crippen LogP contribution in [0.2, 0.25) is 0 Å². The lowest BCUT2D eigenvalue weighted by Crippen LogP contribution is -2.42. The molecule has 3 N–H and O–H groups in total. The predicted molar refractivity (Wildman–Crippen MR) is 78.5 cm³/mol. The number of aromatic nitrogens is 1. The van der Waals surface area contributed by atoms with Crippen LogP contribution in [0.25, 0.3) is 0 Å². The normalized spacial score (nSPS) is 15.1. The standard InChI is InChI=1S/C15H19N3O4/c19-13(17-10-5-2-1-3-6-10)9-16-14(20)11-7-4-8-12(18-11)15(21)22/h4,7-8,10H,1-3,5-6,9H2,(H,16,20)(H,17,19)(H,21,22). The highest BCUT2D eigenvalue weighted by Crippen LogP contribution is 2.17. The van der Waals surface area contributed by atoms with Crippen LogP contribution in [0.1, 0.15) is 53.1 Å². The van der Waals surface area contributed by atoms with Crippen molar-refractivity contribution in [1.82, 2.24) is 15.6 Å². The topological polar surface area (TPSA) is 108 Å². The van der Waals surface area contributed by atoms with Gasteiger partial charge in [-0.3, -0.25) is 9.59 Å². The molecule has 1 fully saturated rings. The number of carbonyl (C=O) groups is 3. The number of nitrogens with zero attached hydrogens (tertiary/aromatic N) is 1. The molecule has 7 nitrogen and oxygen atoms in total. The quantitative estimate of drug-likeness (QED) is 0.751. The first-order valence-electron chi connectivity index (χ1n) is 7.34. The Balaban J connectivity index is 1.82. The molecule has 0 spiro atoms. The van der Waals surface area contributed by atoms with E-state index < -0.39 is 11.9 Å². The number of amides is 2. The molecule has 118 valence electrons. The zero-order chi connectivity index (χ0) is 15.9. The third-order valence-corrected chi connectivity index (χ3v) is 3.58. The van der Waals surface area contributed by atoms with Gasteiger partial charge in [0.1, 0.15) is 11.4 Å². The van der Waals surface area contributed by atoms with E-state index in [1.807, 2.05) is 0 Å². The number of rotatable bonds is 5. The van der Waals surface area contributed by atoms with Gasteiger partial charge in [-0.05, 0) is 25.0 Å². The predicted octanol–water partition coefficient (Wildman–Crippen LogP) is 0.958. The van der Waals surface area contributed by atoms with E-state index in [4.69, 9.17) is 5.11 Å². The molecule has 1 aliphatic carbocycles. The van der Waals surface area contributed by atoms with E-state index in [1.54, 1.807) is 0 Å². The van der Waals surface area contributed by atoms with Crippen molar-refractivity contribution in [3.05, 3.63) is 29.6 Å². The Morgan fingerprint density at radius 1 is 1.14 bits per heavy atom. The largest absolute Gasteiger partial charge is 0.477 e. The van der Waals surface area contributed by atoms with Gasteiger partial charge in [0.25, 0.3) is 5.91 Å². The number of hydrogen-bond donors (Lipinski definition) is 3. The number of hydrogen-bond acceptors (Lipinski definition) is 4. The molecule has 0 unspecified atom stereocenters. The molecular formula is C15H19N3O4. The first-order valence-corrected chi connectivity index (χ1v) is 7.34. The highest BCUT2D eigenvalue weighted by Gasteiger charge is 2.17. The lowest BCUT2D eigenvalue weighted by atomic mass is 9.95. The number of carboxylic acid groups (broad SMARTS) is 1. The summed E-state index contributed by atoms with van der Waals surface area (Å²) in [6.45, 7) is -0.145. The molecular weight excluding hydrogens is 286 g/mol. The Kier molecular flexibility index (Phi) is 5.46. The number of nitrogens with one attached hydrogen (secondary N) is 2. The van der Waals surface area contributed by atoms with E-state index in [0.717, 1.165) is 25.7 Å². The van der Waals surface area contributed by atoms with Crippen molar-refractivity contribution < 1.29 is 19.5 Å². The van der Waals surface area contributed by atoms with Crippen LogP contribution in [0.15, 0.2) is 18.2 Å². The fourth-order valence-corrected chi connectivity index (χ4v) is 2.46. The van der Waals surface area contributed by atoms with Gasteiger partial charge in [0.2, 0.25) is 5.91 Å². The Morgan fingerprint density at radius 3 is 2.50 bits per heavy atom. The molecule has 2 amide bonds. The lowest BCUT2D eigenvalue weighted by Gasteiger charge is -2.22. The monoisotopic (exact) mass is 305 g/mol. The van der Waals surface area contributed by atoms with Crippen LogP contribution in [0.4, 0.5) is 0 Å². The smallest absolute Gasteiger partial charge is 0.354 e. The minimum atomic E-state index is -1.20. The maximum atomic E-state index is 11.9. The first-order chi connectivity index (χ1) is 10.6. The van der Waals surface area contributed by atoms with Gasteiger partial charge in [-0.2, -0.15) is 0 Å². The zero-order valence-corrected chi connectivity index (χ0v) is 12.2. The van der Waals surface area contributed by atoms with Gasteiger partial charge in [0, 0.05) is 6.04 Å². The number of pyridine rings is 1. The molecule has 0 aliphatic heterocycles. The van der Waals surface area contributed by atoms with E-state index in [1.165, 1.54) is 24.6 Å². The minimum Gasteiger partial charge on any atom is -0.477 e. The number of aromatic carboxylic acids is 1. The third-order valence-electron chi connectivity index (χ3n) is 3.58. The van der Waals surface area contributed by atoms with Crippen molar-refractivity contribution in [2.24, 2.45) is 0 Å². The molecule has 1 aliphatic rings. The van der Waals surface area contributed by atoms with Crippen molar-refractivity contribution in [3.63, 3.8) is 0 Å². The van der Waals surface area contributed by atoms with Crippen LogP contribution in [0, 0.1) is 0 Å². The van der Waals surface area contributed by atoms with Crippen molar-refractivity contribution >= 4 is 17.8 Å². The Hall–Kier alpha value is -2.44.